The number of halogens is 1. The van der Waals surface area contributed by atoms with Gasteiger partial charge in [0, 0.05) is 12.1 Å². The normalized spacial score (nSPS) is 15.3. The second kappa shape index (κ2) is 7.89. The first-order chi connectivity index (χ1) is 13.9. The van der Waals surface area contributed by atoms with E-state index < -0.39 is 10.0 Å². The number of hydrogen-bond donors (Lipinski definition) is 1. The van der Waals surface area contributed by atoms with Crippen LogP contribution < -0.4 is 9.62 Å². The molecule has 1 N–H and O–H groups in total. The summed E-state index contributed by atoms with van der Waals surface area (Å²) in [5, 5.41) is 3.08. The van der Waals surface area contributed by atoms with Gasteiger partial charge in [-0.1, -0.05) is 54.1 Å². The maximum absolute atomic E-state index is 12.6. The summed E-state index contributed by atoms with van der Waals surface area (Å²) in [5.41, 5.74) is 3.56. The summed E-state index contributed by atoms with van der Waals surface area (Å²) in [7, 11) is -3.28. The molecule has 0 saturated carbocycles. The number of sulfonamides is 1. The minimum atomic E-state index is -3.28. The van der Waals surface area contributed by atoms with E-state index in [4.69, 9.17) is 11.6 Å². The highest BCUT2D eigenvalue weighted by molar-refractivity contribution is 7.93. The van der Waals surface area contributed by atoms with E-state index in [2.05, 4.69) is 5.32 Å². The van der Waals surface area contributed by atoms with Crippen molar-refractivity contribution < 1.29 is 13.2 Å². The van der Waals surface area contributed by atoms with Crippen molar-refractivity contribution in [1.82, 2.24) is 0 Å². The third-order valence-corrected chi connectivity index (χ3v) is 7.02. The average Bonchev–Trinajstić information content (AvgIpc) is 3.09. The fourth-order valence-electron chi connectivity index (χ4n) is 3.33. The summed E-state index contributed by atoms with van der Waals surface area (Å²) >= 11 is 6.30. The standard InChI is InChI=1S/C22H19ClN2O3S/c23-20-15-19(25-13-4-14-29(25,27)28)11-12-21(20)24-22(26)18-9-7-17(8-10-18)16-5-2-1-3-6-16/h1-3,5-12,15H,4,13-14H2,(H,24,26). The lowest BCUT2D eigenvalue weighted by molar-refractivity contribution is 0.102. The average molecular weight is 427 g/mol. The lowest BCUT2D eigenvalue weighted by Gasteiger charge is -2.18. The van der Waals surface area contributed by atoms with Gasteiger partial charge in [0.05, 0.1) is 22.2 Å². The molecule has 1 fully saturated rings. The molecule has 0 aliphatic carbocycles. The summed E-state index contributed by atoms with van der Waals surface area (Å²) < 4.78 is 25.5. The van der Waals surface area contributed by atoms with E-state index in [0.29, 0.717) is 34.9 Å². The second-order valence-corrected chi connectivity index (χ2v) is 9.22. The smallest absolute Gasteiger partial charge is 0.255 e. The number of rotatable bonds is 4. The molecule has 0 unspecified atom stereocenters. The summed E-state index contributed by atoms with van der Waals surface area (Å²) in [6, 6.07) is 22.1. The van der Waals surface area contributed by atoms with Crippen LogP contribution >= 0.6 is 11.6 Å². The molecule has 0 aromatic heterocycles. The van der Waals surface area contributed by atoms with E-state index in [1.807, 2.05) is 42.5 Å². The number of hydrogen-bond acceptors (Lipinski definition) is 3. The Morgan fingerprint density at radius 2 is 1.62 bits per heavy atom. The van der Waals surface area contributed by atoms with Gasteiger partial charge in [-0.3, -0.25) is 9.10 Å². The van der Waals surface area contributed by atoms with Crippen LogP contribution in [0.3, 0.4) is 0 Å². The first-order valence-corrected chi connectivity index (χ1v) is 11.2. The van der Waals surface area contributed by atoms with Crippen LogP contribution in [0.25, 0.3) is 11.1 Å². The molecule has 0 spiro atoms. The zero-order chi connectivity index (χ0) is 20.4. The largest absolute Gasteiger partial charge is 0.321 e. The molecule has 7 heteroatoms. The van der Waals surface area contributed by atoms with Crippen LogP contribution in [0.2, 0.25) is 5.02 Å². The summed E-state index contributed by atoms with van der Waals surface area (Å²) in [4.78, 5) is 12.6. The van der Waals surface area contributed by atoms with Crippen LogP contribution in [0.1, 0.15) is 16.8 Å². The number of anilines is 2. The Bertz CT molecular complexity index is 1150. The van der Waals surface area contributed by atoms with E-state index in [1.165, 1.54) is 4.31 Å². The zero-order valence-electron chi connectivity index (χ0n) is 15.5. The molecule has 3 aromatic carbocycles. The highest BCUT2D eigenvalue weighted by Crippen LogP contribution is 2.31. The zero-order valence-corrected chi connectivity index (χ0v) is 17.1. The van der Waals surface area contributed by atoms with Crippen molar-refractivity contribution in [1.29, 1.82) is 0 Å². The van der Waals surface area contributed by atoms with Crippen molar-refractivity contribution in [2.24, 2.45) is 0 Å². The van der Waals surface area contributed by atoms with Crippen molar-refractivity contribution in [3.05, 3.63) is 83.4 Å². The number of benzene rings is 3. The predicted octanol–water partition coefficient (Wildman–Crippen LogP) is 4.80. The number of amides is 1. The fourth-order valence-corrected chi connectivity index (χ4v) is 5.11. The van der Waals surface area contributed by atoms with Gasteiger partial charge >= 0.3 is 0 Å². The summed E-state index contributed by atoms with van der Waals surface area (Å²) in [6.07, 6.45) is 0.595. The molecule has 0 atom stereocenters. The first kappa shape index (κ1) is 19.5. The third-order valence-electron chi connectivity index (χ3n) is 4.84. The Kier molecular flexibility index (Phi) is 5.30. The Morgan fingerprint density at radius 3 is 2.24 bits per heavy atom. The van der Waals surface area contributed by atoms with Crippen LogP contribution in [0.15, 0.2) is 72.8 Å². The first-order valence-electron chi connectivity index (χ1n) is 9.21. The molecular formula is C22H19ClN2O3S. The van der Waals surface area contributed by atoms with E-state index >= 15 is 0 Å². The van der Waals surface area contributed by atoms with Crippen molar-refractivity contribution in [2.75, 3.05) is 21.9 Å². The maximum atomic E-state index is 12.6. The summed E-state index contributed by atoms with van der Waals surface area (Å²) in [6.45, 7) is 0.443. The number of carbonyl (C=O) groups excluding carboxylic acids is 1. The molecule has 1 aliphatic heterocycles. The Morgan fingerprint density at radius 1 is 0.931 bits per heavy atom. The lowest BCUT2D eigenvalue weighted by atomic mass is 10.0. The molecule has 3 aromatic rings. The monoisotopic (exact) mass is 426 g/mol. The SMILES string of the molecule is O=C(Nc1ccc(N2CCCS2(=O)=O)cc1Cl)c1ccc(-c2ccccc2)cc1. The molecule has 5 nitrogen and oxygen atoms in total. The molecule has 0 radical (unpaired) electrons. The van der Waals surface area contributed by atoms with Gasteiger partial charge in [0.25, 0.3) is 5.91 Å². The third kappa shape index (κ3) is 4.13. The van der Waals surface area contributed by atoms with Crippen LogP contribution in [0, 0.1) is 0 Å². The summed E-state index contributed by atoms with van der Waals surface area (Å²) in [5.74, 6) is -0.143. The van der Waals surface area contributed by atoms with E-state index in [1.54, 1.807) is 30.3 Å². The minimum absolute atomic E-state index is 0.141. The van der Waals surface area contributed by atoms with Gasteiger partial charge < -0.3 is 5.32 Å². The van der Waals surface area contributed by atoms with Gasteiger partial charge in [-0.2, -0.15) is 0 Å². The van der Waals surface area contributed by atoms with Gasteiger partial charge in [-0.15, -0.1) is 0 Å². The number of carbonyl (C=O) groups is 1. The predicted molar refractivity (Wildman–Crippen MR) is 117 cm³/mol. The highest BCUT2D eigenvalue weighted by Gasteiger charge is 2.28. The molecule has 1 aliphatic rings. The molecule has 4 rings (SSSR count). The van der Waals surface area contributed by atoms with Gasteiger partial charge in [0.15, 0.2) is 0 Å². The topological polar surface area (TPSA) is 66.5 Å². The van der Waals surface area contributed by atoms with E-state index in [-0.39, 0.29) is 11.7 Å². The highest BCUT2D eigenvalue weighted by atomic mass is 35.5. The molecule has 0 bridgehead atoms. The molecular weight excluding hydrogens is 408 g/mol. The second-order valence-electron chi connectivity index (χ2n) is 6.80. The van der Waals surface area contributed by atoms with Crippen molar-refractivity contribution in [2.45, 2.75) is 6.42 Å². The van der Waals surface area contributed by atoms with Gasteiger partial charge in [0.2, 0.25) is 10.0 Å². The van der Waals surface area contributed by atoms with E-state index in [0.717, 1.165) is 11.1 Å². The van der Waals surface area contributed by atoms with Gasteiger partial charge in [-0.25, -0.2) is 8.42 Å². The van der Waals surface area contributed by atoms with Crippen LogP contribution in [-0.4, -0.2) is 26.6 Å². The maximum Gasteiger partial charge on any atom is 0.255 e. The molecule has 1 heterocycles. The molecule has 148 valence electrons. The van der Waals surface area contributed by atoms with Crippen molar-refractivity contribution >= 4 is 38.9 Å². The molecule has 1 amide bonds. The van der Waals surface area contributed by atoms with Crippen LogP contribution in [-0.2, 0) is 10.0 Å². The van der Waals surface area contributed by atoms with Crippen LogP contribution in [0.4, 0.5) is 11.4 Å². The quantitative estimate of drug-likeness (QED) is 0.651. The van der Waals surface area contributed by atoms with Gasteiger partial charge in [0.1, 0.15) is 0 Å². The fraction of sp³-hybridized carbons (Fsp3) is 0.136. The molecule has 1 saturated heterocycles. The Hall–Kier alpha value is -2.83. The lowest BCUT2D eigenvalue weighted by Crippen LogP contribution is -2.25. The number of nitrogens with zero attached hydrogens (tertiary/aromatic N) is 1. The van der Waals surface area contributed by atoms with Gasteiger partial charge in [-0.05, 0) is 47.9 Å². The Labute approximate surface area is 175 Å². The van der Waals surface area contributed by atoms with Crippen molar-refractivity contribution in [3.63, 3.8) is 0 Å². The van der Waals surface area contributed by atoms with Crippen molar-refractivity contribution in [3.8, 4) is 11.1 Å². The minimum Gasteiger partial charge on any atom is -0.321 e. The van der Waals surface area contributed by atoms with Crippen LogP contribution in [0.5, 0.6) is 0 Å². The van der Waals surface area contributed by atoms with E-state index in [9.17, 15) is 13.2 Å². The Balaban J connectivity index is 1.50. The number of nitrogens with one attached hydrogen (secondary N) is 1. The molecule has 29 heavy (non-hydrogen) atoms.